The molecule has 0 N–H and O–H groups in total. The molecule has 0 aliphatic carbocycles. The zero-order valence-corrected chi connectivity index (χ0v) is 12.0. The van der Waals surface area contributed by atoms with Gasteiger partial charge in [0.15, 0.2) is 5.13 Å². The maximum Gasteiger partial charge on any atom is 0.219 e. The molecule has 1 amide bonds. The molecule has 3 rings (SSSR count). The second-order valence-electron chi connectivity index (χ2n) is 4.96. The standard InChI is InChI=1S/C14H17N3OS/c1-10-3-4-12-13(9-10)19-14(15-12)17-7-5-16(6-8-17)11(2)18/h3-4,9H,5-8H2,1-2H3. The average molecular weight is 275 g/mol. The van der Waals surface area contributed by atoms with Crippen LogP contribution in [0.15, 0.2) is 18.2 Å². The van der Waals surface area contributed by atoms with Crippen LogP contribution in [-0.2, 0) is 4.79 Å². The van der Waals surface area contributed by atoms with Gasteiger partial charge in [-0.2, -0.15) is 0 Å². The number of anilines is 1. The third-order valence-corrected chi connectivity index (χ3v) is 4.61. The minimum absolute atomic E-state index is 0.166. The van der Waals surface area contributed by atoms with Crippen molar-refractivity contribution >= 4 is 32.6 Å². The molecule has 0 bridgehead atoms. The van der Waals surface area contributed by atoms with Crippen LogP contribution in [0.1, 0.15) is 12.5 Å². The molecule has 1 aromatic carbocycles. The third kappa shape index (κ3) is 2.42. The maximum atomic E-state index is 11.3. The zero-order valence-electron chi connectivity index (χ0n) is 11.2. The summed E-state index contributed by atoms with van der Waals surface area (Å²) >= 11 is 1.74. The van der Waals surface area contributed by atoms with Crippen molar-refractivity contribution in [3.05, 3.63) is 23.8 Å². The Morgan fingerprint density at radius 3 is 2.68 bits per heavy atom. The highest BCUT2D eigenvalue weighted by Gasteiger charge is 2.20. The first-order valence-corrected chi connectivity index (χ1v) is 7.33. The molecule has 1 aromatic heterocycles. The van der Waals surface area contributed by atoms with Gasteiger partial charge in [-0.05, 0) is 24.6 Å². The number of nitrogens with zero attached hydrogens (tertiary/aromatic N) is 3. The van der Waals surface area contributed by atoms with Crippen molar-refractivity contribution in [2.24, 2.45) is 0 Å². The summed E-state index contributed by atoms with van der Waals surface area (Å²) in [4.78, 5) is 20.2. The van der Waals surface area contributed by atoms with Crippen LogP contribution >= 0.6 is 11.3 Å². The van der Waals surface area contributed by atoms with Crippen LogP contribution < -0.4 is 4.90 Å². The van der Waals surface area contributed by atoms with Crippen LogP contribution in [0.3, 0.4) is 0 Å². The fourth-order valence-electron chi connectivity index (χ4n) is 2.37. The quantitative estimate of drug-likeness (QED) is 0.801. The van der Waals surface area contributed by atoms with Crippen molar-refractivity contribution in [2.75, 3.05) is 31.1 Å². The normalized spacial score (nSPS) is 16.1. The van der Waals surface area contributed by atoms with Crippen molar-refractivity contribution in [1.29, 1.82) is 0 Å². The van der Waals surface area contributed by atoms with E-state index in [1.807, 2.05) is 4.90 Å². The number of carbonyl (C=O) groups is 1. The molecule has 0 saturated carbocycles. The molecule has 1 aliphatic heterocycles. The van der Waals surface area contributed by atoms with E-state index in [-0.39, 0.29) is 5.91 Å². The summed E-state index contributed by atoms with van der Waals surface area (Å²) in [5, 5.41) is 1.07. The molecule has 1 saturated heterocycles. The molecule has 0 radical (unpaired) electrons. The topological polar surface area (TPSA) is 36.4 Å². The van der Waals surface area contributed by atoms with Gasteiger partial charge in [-0.15, -0.1) is 0 Å². The molecule has 2 aromatic rings. The lowest BCUT2D eigenvalue weighted by Crippen LogP contribution is -2.48. The minimum atomic E-state index is 0.166. The van der Waals surface area contributed by atoms with Crippen LogP contribution in [0, 0.1) is 6.92 Å². The van der Waals surface area contributed by atoms with Gasteiger partial charge in [-0.3, -0.25) is 4.79 Å². The molecule has 0 spiro atoms. The molecular weight excluding hydrogens is 258 g/mol. The first-order chi connectivity index (χ1) is 9.13. The summed E-state index contributed by atoms with van der Waals surface area (Å²) in [5.74, 6) is 0.166. The number of rotatable bonds is 1. The van der Waals surface area contributed by atoms with Crippen molar-refractivity contribution in [2.45, 2.75) is 13.8 Å². The molecule has 1 fully saturated rings. The van der Waals surface area contributed by atoms with E-state index in [1.165, 1.54) is 10.3 Å². The maximum absolute atomic E-state index is 11.3. The number of aromatic nitrogens is 1. The summed E-state index contributed by atoms with van der Waals surface area (Å²) in [5.41, 5.74) is 2.34. The Bertz CT molecular complexity index is 614. The lowest BCUT2D eigenvalue weighted by molar-refractivity contribution is -0.129. The Morgan fingerprint density at radius 2 is 2.00 bits per heavy atom. The summed E-state index contributed by atoms with van der Waals surface area (Å²) < 4.78 is 1.24. The van der Waals surface area contributed by atoms with Gasteiger partial charge in [0.25, 0.3) is 0 Å². The number of benzene rings is 1. The molecule has 100 valence electrons. The Hall–Kier alpha value is -1.62. The zero-order chi connectivity index (χ0) is 13.4. The van der Waals surface area contributed by atoms with E-state index in [0.29, 0.717) is 0 Å². The Kier molecular flexibility index (Phi) is 3.14. The molecule has 0 atom stereocenters. The molecule has 5 heteroatoms. The van der Waals surface area contributed by atoms with Gasteiger partial charge < -0.3 is 9.80 Å². The predicted molar refractivity (Wildman–Crippen MR) is 78.8 cm³/mol. The van der Waals surface area contributed by atoms with Crippen LogP contribution in [0.5, 0.6) is 0 Å². The van der Waals surface area contributed by atoms with Gasteiger partial charge >= 0.3 is 0 Å². The first kappa shape index (κ1) is 12.4. The summed E-state index contributed by atoms with van der Waals surface area (Å²) in [6.45, 7) is 7.08. The molecular formula is C14H17N3OS. The number of carbonyl (C=O) groups excluding carboxylic acids is 1. The molecule has 19 heavy (non-hydrogen) atoms. The predicted octanol–water partition coefficient (Wildman–Crippen LogP) is 2.27. The van der Waals surface area contributed by atoms with Crippen LogP contribution in [0.4, 0.5) is 5.13 Å². The summed E-state index contributed by atoms with van der Waals surface area (Å²) in [6.07, 6.45) is 0. The number of thiazole rings is 1. The highest BCUT2D eigenvalue weighted by Crippen LogP contribution is 2.29. The molecule has 1 aliphatic rings. The number of amides is 1. The number of aryl methyl sites for hydroxylation is 1. The van der Waals surface area contributed by atoms with Crippen molar-refractivity contribution in [1.82, 2.24) is 9.88 Å². The largest absolute Gasteiger partial charge is 0.345 e. The Balaban J connectivity index is 1.80. The van der Waals surface area contributed by atoms with Crippen molar-refractivity contribution in [3.63, 3.8) is 0 Å². The lowest BCUT2D eigenvalue weighted by atomic mass is 10.2. The van der Waals surface area contributed by atoms with Gasteiger partial charge in [0.1, 0.15) is 0 Å². The van der Waals surface area contributed by atoms with Crippen molar-refractivity contribution in [3.8, 4) is 0 Å². The second-order valence-corrected chi connectivity index (χ2v) is 5.97. The minimum Gasteiger partial charge on any atom is -0.345 e. The second kappa shape index (κ2) is 4.81. The number of fused-ring (bicyclic) bond motifs is 1. The molecule has 0 unspecified atom stereocenters. The highest BCUT2D eigenvalue weighted by molar-refractivity contribution is 7.22. The van der Waals surface area contributed by atoms with E-state index in [2.05, 4.69) is 35.0 Å². The van der Waals surface area contributed by atoms with Gasteiger partial charge in [-0.1, -0.05) is 17.4 Å². The van der Waals surface area contributed by atoms with E-state index in [0.717, 1.165) is 36.8 Å². The molecule has 2 heterocycles. The first-order valence-electron chi connectivity index (χ1n) is 6.51. The SMILES string of the molecule is CC(=O)N1CCN(c2nc3ccc(C)cc3s2)CC1. The van der Waals surface area contributed by atoms with E-state index >= 15 is 0 Å². The van der Waals surface area contributed by atoms with E-state index in [9.17, 15) is 4.79 Å². The van der Waals surface area contributed by atoms with Gasteiger partial charge in [-0.25, -0.2) is 4.98 Å². The smallest absolute Gasteiger partial charge is 0.219 e. The summed E-state index contributed by atoms with van der Waals surface area (Å²) in [6, 6.07) is 6.36. The average Bonchev–Trinajstić information content (AvgIpc) is 2.81. The Labute approximate surface area is 116 Å². The van der Waals surface area contributed by atoms with Crippen LogP contribution in [0.25, 0.3) is 10.2 Å². The van der Waals surface area contributed by atoms with Crippen molar-refractivity contribution < 1.29 is 4.79 Å². The molecule has 4 nitrogen and oxygen atoms in total. The van der Waals surface area contributed by atoms with Gasteiger partial charge in [0, 0.05) is 33.1 Å². The lowest BCUT2D eigenvalue weighted by Gasteiger charge is -2.33. The van der Waals surface area contributed by atoms with E-state index < -0.39 is 0 Å². The number of hydrogen-bond acceptors (Lipinski definition) is 4. The fraction of sp³-hybridized carbons (Fsp3) is 0.429. The summed E-state index contributed by atoms with van der Waals surface area (Å²) in [7, 11) is 0. The third-order valence-electron chi connectivity index (χ3n) is 3.53. The monoisotopic (exact) mass is 275 g/mol. The van der Waals surface area contributed by atoms with Gasteiger partial charge in [0.05, 0.1) is 10.2 Å². The van der Waals surface area contributed by atoms with E-state index in [1.54, 1.807) is 18.3 Å². The Morgan fingerprint density at radius 1 is 1.26 bits per heavy atom. The number of hydrogen-bond donors (Lipinski definition) is 0. The van der Waals surface area contributed by atoms with E-state index in [4.69, 9.17) is 0 Å². The van der Waals surface area contributed by atoms with Gasteiger partial charge in [0.2, 0.25) is 5.91 Å². The van der Waals surface area contributed by atoms with Crippen LogP contribution in [-0.4, -0.2) is 42.0 Å². The number of piperazine rings is 1. The highest BCUT2D eigenvalue weighted by atomic mass is 32.1. The van der Waals surface area contributed by atoms with Crippen LogP contribution in [0.2, 0.25) is 0 Å². The fourth-order valence-corrected chi connectivity index (χ4v) is 3.48.